The van der Waals surface area contributed by atoms with E-state index in [1.165, 1.54) is 61.7 Å². The molecule has 0 aromatic heterocycles. The number of amides is 7. The zero-order chi connectivity index (χ0) is 62.4. The Morgan fingerprint density at radius 1 is 0.862 bits per heavy atom. The predicted octanol–water partition coefficient (Wildman–Crippen LogP) is 2.60. The van der Waals surface area contributed by atoms with Crippen LogP contribution >= 0.6 is 0 Å². The zero-order valence-corrected chi connectivity index (χ0v) is 48.5. The SMILES string of the molecule is COc1cccc2c1C(=O)c1c(O)c3c(c(O)c1C2=O)C[C@@](O)(C(=O)COC(=O)OCc1ccc(NC(=O)[C@@H](CCCNC(N)=O)NC(=O)[C@H](NC(=O)CCCCCN2C(=O)C=CC2=O)C(C)C)cc1)C[C@@H]3O[C@H]1C[C@H]2[C@H](O[C@@H]3COCCN32)[C@H](C)O1. The van der Waals surface area contributed by atoms with E-state index in [4.69, 9.17) is 38.9 Å². The molecule has 0 unspecified atom stereocenters. The van der Waals surface area contributed by atoms with Crippen molar-refractivity contribution >= 4 is 64.8 Å². The van der Waals surface area contributed by atoms with Crippen molar-refractivity contribution in [2.24, 2.45) is 11.7 Å². The number of urea groups is 1. The molecule has 0 radical (unpaired) electrons. The quantitative estimate of drug-likeness (QED) is 0.0216. The van der Waals surface area contributed by atoms with E-state index in [0.29, 0.717) is 44.6 Å². The van der Waals surface area contributed by atoms with Gasteiger partial charge in [-0.25, -0.2) is 9.59 Å². The van der Waals surface area contributed by atoms with Crippen molar-refractivity contribution in [3.63, 3.8) is 0 Å². The highest BCUT2D eigenvalue weighted by molar-refractivity contribution is 6.31. The summed E-state index contributed by atoms with van der Waals surface area (Å²) in [6, 6.07) is 7.16. The fourth-order valence-corrected chi connectivity index (χ4v) is 11.9. The maximum absolute atomic E-state index is 14.3. The van der Waals surface area contributed by atoms with Gasteiger partial charge in [-0.1, -0.05) is 44.5 Å². The summed E-state index contributed by atoms with van der Waals surface area (Å²) < 4.78 is 40.6. The number of benzene rings is 3. The van der Waals surface area contributed by atoms with Gasteiger partial charge in [0.05, 0.1) is 49.2 Å². The van der Waals surface area contributed by atoms with Gasteiger partial charge in [0.2, 0.25) is 29.3 Å². The summed E-state index contributed by atoms with van der Waals surface area (Å²) in [7, 11) is 1.31. The third-order valence-corrected chi connectivity index (χ3v) is 16.4. The number of unbranched alkanes of at least 4 members (excludes halogenated alkanes) is 2. The fraction of sp³-hybridized carbons (Fsp3) is 0.500. The number of aliphatic hydroxyl groups is 1. The van der Waals surface area contributed by atoms with Crippen LogP contribution in [0, 0.1) is 5.92 Å². The number of nitrogens with one attached hydrogen (secondary N) is 4. The number of Topliss-reactive ketones (excluding diaryl/α,β-unsaturated/α-hetero) is 1. The van der Waals surface area contributed by atoms with E-state index in [2.05, 4.69) is 26.2 Å². The molecular weight excluding hydrogens is 1140 g/mol. The molecule has 9 rings (SSSR count). The number of carbonyl (C=O) groups excluding carboxylic acids is 10. The van der Waals surface area contributed by atoms with Gasteiger partial charge in [-0.15, -0.1) is 0 Å². The van der Waals surface area contributed by atoms with Crippen molar-refractivity contribution in [3.05, 3.63) is 93.6 Å². The van der Waals surface area contributed by atoms with Crippen LogP contribution in [0.4, 0.5) is 15.3 Å². The lowest BCUT2D eigenvalue weighted by Gasteiger charge is -2.43. The molecule has 9 atom stereocenters. The first-order chi connectivity index (χ1) is 41.6. The van der Waals surface area contributed by atoms with E-state index in [-0.39, 0.29) is 109 Å². The van der Waals surface area contributed by atoms with Crippen LogP contribution in [0.5, 0.6) is 17.2 Å². The maximum atomic E-state index is 14.3. The van der Waals surface area contributed by atoms with Gasteiger partial charge in [0.15, 0.2) is 18.7 Å². The molecule has 3 fully saturated rings. The third-order valence-electron chi connectivity index (χ3n) is 16.4. The van der Waals surface area contributed by atoms with Crippen molar-refractivity contribution in [2.75, 3.05) is 51.9 Å². The number of carbonyl (C=O) groups is 10. The number of morpholine rings is 1. The molecule has 0 bridgehead atoms. The first-order valence-corrected chi connectivity index (χ1v) is 28.9. The Hall–Kier alpha value is -8.34. The molecule has 466 valence electrons. The summed E-state index contributed by atoms with van der Waals surface area (Å²) in [6.07, 6.45) is -1.90. The van der Waals surface area contributed by atoms with Crippen molar-refractivity contribution < 1.29 is 96.4 Å². The number of aromatic hydroxyl groups is 2. The topological polar surface area (TPSA) is 377 Å². The van der Waals surface area contributed by atoms with Gasteiger partial charge in [0.25, 0.3) is 11.8 Å². The van der Waals surface area contributed by atoms with Crippen LogP contribution in [0.25, 0.3) is 0 Å². The number of hydrogen-bond donors (Lipinski definition) is 8. The highest BCUT2D eigenvalue weighted by Gasteiger charge is 2.54. The minimum absolute atomic E-state index is 0.0499. The number of rotatable bonds is 24. The molecule has 0 saturated carbocycles. The number of primary amides is 1. The Morgan fingerprint density at radius 2 is 1.60 bits per heavy atom. The van der Waals surface area contributed by atoms with Gasteiger partial charge in [-0.3, -0.25) is 48.2 Å². The number of ketones is 3. The van der Waals surface area contributed by atoms with E-state index in [1.54, 1.807) is 20.8 Å². The second kappa shape index (κ2) is 27.1. The van der Waals surface area contributed by atoms with Crippen LogP contribution in [0.1, 0.15) is 127 Å². The molecule has 9 N–H and O–H groups in total. The number of fused-ring (bicyclic) bond motifs is 6. The Morgan fingerprint density at radius 3 is 2.31 bits per heavy atom. The van der Waals surface area contributed by atoms with Crippen LogP contribution in [0.3, 0.4) is 0 Å². The summed E-state index contributed by atoms with van der Waals surface area (Å²) in [5, 5.41) is 47.1. The molecule has 6 aliphatic rings. The van der Waals surface area contributed by atoms with Gasteiger partial charge in [0, 0.05) is 85.9 Å². The molecule has 2 aliphatic carbocycles. The molecule has 27 heteroatoms. The molecule has 3 aromatic carbocycles. The number of nitrogens with two attached hydrogens (primary N) is 1. The van der Waals surface area contributed by atoms with Crippen LogP contribution in [0.15, 0.2) is 54.6 Å². The van der Waals surface area contributed by atoms with Crippen molar-refractivity contribution in [3.8, 4) is 17.2 Å². The summed E-state index contributed by atoms with van der Waals surface area (Å²) in [6.45, 7) is 5.51. The standard InChI is InChI=1S/C60H71N7O20/c1-30(2)50(65-41(69)13-6-5-7-21-67-42(70)18-19-43(67)71)57(77)64-36(11-9-20-62-58(61)78)56(76)63-33-16-14-32(15-17-33)27-83-59(79)84-28-40(68)60(80)25-35-47(39(26-60)86-45-24-37-55(31(3)85-45)87-44-29-82-23-22-66(37)44)54(75)49-48(52(35)73)51(72)34-10-8-12-38(81-4)46(34)53(49)74/h8,10,12,14-19,30-31,36-37,39,44-45,50,55,73,75,80H,5-7,9,11,13,20-29H2,1-4H3,(H,63,76)(H,64,77)(H,65,69)(H3,61,62,78)/t31-,36+,37-,39-,44+,45-,50+,55+,60-/m0/s1. The van der Waals surface area contributed by atoms with E-state index in [1.807, 2.05) is 0 Å². The Labute approximate surface area is 499 Å². The number of nitrogens with zero attached hydrogens (tertiary/aromatic N) is 2. The van der Waals surface area contributed by atoms with Gasteiger partial charge >= 0.3 is 12.2 Å². The van der Waals surface area contributed by atoms with Crippen molar-refractivity contribution in [2.45, 2.75) is 140 Å². The summed E-state index contributed by atoms with van der Waals surface area (Å²) in [5.41, 5.74) is 1.66. The smallest absolute Gasteiger partial charge is 0.507 e. The zero-order valence-electron chi connectivity index (χ0n) is 48.5. The lowest BCUT2D eigenvalue weighted by molar-refractivity contribution is -0.247. The highest BCUT2D eigenvalue weighted by atomic mass is 16.7. The average molecular weight is 1210 g/mol. The van der Waals surface area contributed by atoms with Gasteiger partial charge < -0.3 is 75.5 Å². The number of hydrogen-bond acceptors (Lipinski definition) is 21. The number of methoxy groups -OCH3 is 1. The van der Waals surface area contributed by atoms with Crippen LogP contribution in [-0.2, 0) is 70.2 Å². The molecule has 3 saturated heterocycles. The monoisotopic (exact) mass is 1210 g/mol. The van der Waals surface area contributed by atoms with Crippen molar-refractivity contribution in [1.29, 1.82) is 0 Å². The van der Waals surface area contributed by atoms with Crippen molar-refractivity contribution in [1.82, 2.24) is 25.8 Å². The van der Waals surface area contributed by atoms with E-state index in [0.717, 1.165) is 4.90 Å². The minimum Gasteiger partial charge on any atom is -0.507 e. The van der Waals surface area contributed by atoms with Gasteiger partial charge in [-0.2, -0.15) is 0 Å². The molecule has 7 amide bonds. The number of phenolic OH excluding ortho intramolecular Hbond substituents is 2. The molecule has 0 spiro atoms. The minimum atomic E-state index is -2.48. The summed E-state index contributed by atoms with van der Waals surface area (Å²) >= 11 is 0. The molecule has 4 heterocycles. The molecular formula is C60H71N7O20. The lowest BCUT2D eigenvalue weighted by atomic mass is 9.72. The first kappa shape index (κ1) is 63.2. The predicted molar refractivity (Wildman–Crippen MR) is 302 cm³/mol. The van der Waals surface area contributed by atoms with Crippen LogP contribution < -0.4 is 31.7 Å². The first-order valence-electron chi connectivity index (χ1n) is 28.9. The van der Waals surface area contributed by atoms with Gasteiger partial charge in [-0.05, 0) is 62.3 Å². The average Bonchev–Trinajstić information content (AvgIpc) is 1.30. The summed E-state index contributed by atoms with van der Waals surface area (Å²) in [5.74, 6) is -7.01. The third kappa shape index (κ3) is 13.9. The number of ether oxygens (including phenoxy) is 7. The molecule has 3 aromatic rings. The summed E-state index contributed by atoms with van der Waals surface area (Å²) in [4.78, 5) is 134. The Kier molecular flexibility index (Phi) is 19.7. The normalized spacial score (nSPS) is 23.5. The van der Waals surface area contributed by atoms with E-state index in [9.17, 15) is 63.3 Å². The largest absolute Gasteiger partial charge is 0.509 e. The maximum Gasteiger partial charge on any atom is 0.509 e. The van der Waals surface area contributed by atoms with E-state index >= 15 is 0 Å². The fourth-order valence-electron chi connectivity index (χ4n) is 11.9. The van der Waals surface area contributed by atoms with Gasteiger partial charge in [0.1, 0.15) is 53.9 Å². The van der Waals surface area contributed by atoms with Crippen LogP contribution in [-0.4, -0.2) is 179 Å². The van der Waals surface area contributed by atoms with Crippen LogP contribution in [0.2, 0.25) is 0 Å². The lowest BCUT2D eigenvalue weighted by Crippen LogP contribution is -2.54. The number of anilines is 1. The number of phenols is 2. The Bertz CT molecular complexity index is 3220. The highest BCUT2D eigenvalue weighted by Crippen LogP contribution is 2.53. The van der Waals surface area contributed by atoms with E-state index < -0.39 is 131 Å². The molecule has 87 heavy (non-hydrogen) atoms. The Balaban J connectivity index is 0.821. The number of imide groups is 1. The molecule has 4 aliphatic heterocycles. The second-order valence-corrected chi connectivity index (χ2v) is 22.6. The molecule has 27 nitrogen and oxygen atoms in total. The second-order valence-electron chi connectivity index (χ2n) is 22.6.